The van der Waals surface area contributed by atoms with E-state index in [1.807, 2.05) is 30.3 Å². The van der Waals surface area contributed by atoms with Crippen molar-refractivity contribution in [3.63, 3.8) is 0 Å². The highest BCUT2D eigenvalue weighted by atomic mass is 16.6. The number of amides is 1. The third-order valence-electron chi connectivity index (χ3n) is 4.52. The maximum Gasteiger partial charge on any atom is 0.404 e. The first-order valence-corrected chi connectivity index (χ1v) is 9.53. The average Bonchev–Trinajstić information content (AvgIpc) is 2.68. The largest absolute Gasteiger partial charge is 0.496 e. The summed E-state index contributed by atoms with van der Waals surface area (Å²) in [6, 6.07) is 16.3. The third kappa shape index (κ3) is 7.21. The van der Waals surface area contributed by atoms with E-state index in [1.165, 1.54) is 5.56 Å². The highest BCUT2D eigenvalue weighted by molar-refractivity contribution is 5.64. The molecule has 1 amide bonds. The molecular formula is C22H30N2O3. The molecule has 0 saturated heterocycles. The van der Waals surface area contributed by atoms with Crippen LogP contribution in [0.1, 0.15) is 43.7 Å². The van der Waals surface area contributed by atoms with Gasteiger partial charge in [-0.2, -0.15) is 0 Å². The van der Waals surface area contributed by atoms with Gasteiger partial charge >= 0.3 is 6.09 Å². The van der Waals surface area contributed by atoms with Gasteiger partial charge in [0, 0.05) is 17.8 Å². The summed E-state index contributed by atoms with van der Waals surface area (Å²) in [7, 11) is 1.68. The zero-order chi connectivity index (χ0) is 19.5. The molecule has 0 radical (unpaired) electrons. The van der Waals surface area contributed by atoms with Crippen molar-refractivity contribution >= 4 is 11.8 Å². The van der Waals surface area contributed by atoms with Crippen LogP contribution in [-0.2, 0) is 17.7 Å². The number of carbonyl (C=O) groups is 1. The monoisotopic (exact) mass is 370 g/mol. The summed E-state index contributed by atoms with van der Waals surface area (Å²) in [5.41, 5.74) is 8.56. The lowest BCUT2D eigenvalue weighted by atomic mass is 10.0. The van der Waals surface area contributed by atoms with Crippen LogP contribution in [0.15, 0.2) is 48.5 Å². The number of nitrogens with one attached hydrogen (secondary N) is 1. The molecule has 0 aliphatic rings. The summed E-state index contributed by atoms with van der Waals surface area (Å²) in [5.74, 6) is 0.878. The molecule has 5 heteroatoms. The summed E-state index contributed by atoms with van der Waals surface area (Å²) in [5, 5.41) is 3.44. The van der Waals surface area contributed by atoms with Crippen molar-refractivity contribution < 1.29 is 14.3 Å². The molecule has 0 saturated carbocycles. The first-order valence-electron chi connectivity index (χ1n) is 9.53. The van der Waals surface area contributed by atoms with Crippen molar-refractivity contribution in [2.45, 2.75) is 51.7 Å². The number of primary amides is 1. The van der Waals surface area contributed by atoms with Crippen LogP contribution < -0.4 is 15.8 Å². The standard InChI is InChI=1S/C22H30N2O3/c1-3-4-11-20(27-22(23)25)14-13-17-8-7-10-19(15-17)24-16-18-9-5-6-12-21(18)26-2/h5-10,12,15,20,24H,3-4,11,13-14,16H2,1-2H3,(H2,23,25). The number of anilines is 1. The maximum absolute atomic E-state index is 11.1. The summed E-state index contributed by atoms with van der Waals surface area (Å²) in [6.07, 6.45) is 3.76. The number of hydrogen-bond donors (Lipinski definition) is 2. The van der Waals surface area contributed by atoms with E-state index < -0.39 is 6.09 Å². The van der Waals surface area contributed by atoms with Crippen LogP contribution in [0.3, 0.4) is 0 Å². The van der Waals surface area contributed by atoms with E-state index in [4.69, 9.17) is 15.2 Å². The number of carbonyl (C=O) groups excluding carboxylic acids is 1. The fourth-order valence-corrected chi connectivity index (χ4v) is 3.07. The lowest BCUT2D eigenvalue weighted by Crippen LogP contribution is -2.23. The van der Waals surface area contributed by atoms with Crippen LogP contribution in [0.2, 0.25) is 0 Å². The van der Waals surface area contributed by atoms with Crippen molar-refractivity contribution in [1.82, 2.24) is 0 Å². The summed E-state index contributed by atoms with van der Waals surface area (Å²) >= 11 is 0. The predicted octanol–water partition coefficient (Wildman–Crippen LogP) is 4.89. The van der Waals surface area contributed by atoms with E-state index >= 15 is 0 Å². The number of aryl methyl sites for hydroxylation is 1. The Morgan fingerprint density at radius 1 is 1.15 bits per heavy atom. The van der Waals surface area contributed by atoms with E-state index in [1.54, 1.807) is 7.11 Å². The van der Waals surface area contributed by atoms with Crippen molar-refractivity contribution in [1.29, 1.82) is 0 Å². The van der Waals surface area contributed by atoms with Crippen LogP contribution in [-0.4, -0.2) is 19.3 Å². The van der Waals surface area contributed by atoms with E-state index in [9.17, 15) is 4.79 Å². The number of rotatable bonds is 11. The molecule has 146 valence electrons. The molecule has 1 unspecified atom stereocenters. The van der Waals surface area contributed by atoms with Gasteiger partial charge in [0.25, 0.3) is 0 Å². The first kappa shape index (κ1) is 20.6. The summed E-state index contributed by atoms with van der Waals surface area (Å²) in [4.78, 5) is 11.1. The van der Waals surface area contributed by atoms with Gasteiger partial charge in [0.05, 0.1) is 7.11 Å². The summed E-state index contributed by atoms with van der Waals surface area (Å²) < 4.78 is 10.6. The number of methoxy groups -OCH3 is 1. The second-order valence-corrected chi connectivity index (χ2v) is 6.61. The molecular weight excluding hydrogens is 340 g/mol. The number of nitrogens with two attached hydrogens (primary N) is 1. The quantitative estimate of drug-likeness (QED) is 0.590. The van der Waals surface area contributed by atoms with E-state index in [0.29, 0.717) is 6.54 Å². The van der Waals surface area contributed by atoms with Gasteiger partial charge in [-0.15, -0.1) is 0 Å². The van der Waals surface area contributed by atoms with Crippen molar-refractivity contribution in [3.05, 3.63) is 59.7 Å². The molecule has 0 heterocycles. The van der Waals surface area contributed by atoms with Crippen LogP contribution >= 0.6 is 0 Å². The van der Waals surface area contributed by atoms with Gasteiger partial charge in [-0.25, -0.2) is 4.79 Å². The Bertz CT molecular complexity index is 718. The van der Waals surface area contributed by atoms with Crippen LogP contribution in [0.5, 0.6) is 5.75 Å². The Hall–Kier alpha value is -2.69. The fourth-order valence-electron chi connectivity index (χ4n) is 3.07. The molecule has 2 aromatic carbocycles. The number of benzene rings is 2. The summed E-state index contributed by atoms with van der Waals surface area (Å²) in [6.45, 7) is 2.82. The second-order valence-electron chi connectivity index (χ2n) is 6.61. The van der Waals surface area contributed by atoms with Gasteiger partial charge in [0.2, 0.25) is 0 Å². The molecule has 2 aromatic rings. The van der Waals surface area contributed by atoms with Gasteiger partial charge in [-0.3, -0.25) is 0 Å². The number of ether oxygens (including phenoxy) is 2. The number of unbranched alkanes of at least 4 members (excludes halogenated alkanes) is 1. The zero-order valence-electron chi connectivity index (χ0n) is 16.2. The zero-order valence-corrected chi connectivity index (χ0v) is 16.2. The lowest BCUT2D eigenvalue weighted by Gasteiger charge is -2.16. The Labute approximate surface area is 161 Å². The minimum atomic E-state index is -0.691. The Kier molecular flexibility index (Phi) is 8.49. The first-order chi connectivity index (χ1) is 13.1. The maximum atomic E-state index is 11.1. The molecule has 27 heavy (non-hydrogen) atoms. The van der Waals surface area contributed by atoms with E-state index in [0.717, 1.165) is 49.1 Å². The van der Waals surface area contributed by atoms with Gasteiger partial charge in [0.1, 0.15) is 11.9 Å². The Morgan fingerprint density at radius 2 is 1.96 bits per heavy atom. The van der Waals surface area contributed by atoms with Crippen LogP contribution in [0.25, 0.3) is 0 Å². The average molecular weight is 370 g/mol. The van der Waals surface area contributed by atoms with Gasteiger partial charge in [0.15, 0.2) is 0 Å². The highest BCUT2D eigenvalue weighted by Gasteiger charge is 2.12. The van der Waals surface area contributed by atoms with Crippen LogP contribution in [0.4, 0.5) is 10.5 Å². The minimum Gasteiger partial charge on any atom is -0.496 e. The SMILES string of the molecule is CCCCC(CCc1cccc(NCc2ccccc2OC)c1)OC(N)=O. The molecule has 3 N–H and O–H groups in total. The molecule has 2 rings (SSSR count). The minimum absolute atomic E-state index is 0.118. The smallest absolute Gasteiger partial charge is 0.404 e. The van der Waals surface area contributed by atoms with Gasteiger partial charge < -0.3 is 20.5 Å². The van der Waals surface area contributed by atoms with E-state index in [-0.39, 0.29) is 6.10 Å². The molecule has 0 aromatic heterocycles. The molecule has 0 aliphatic heterocycles. The van der Waals surface area contributed by atoms with Gasteiger partial charge in [-0.1, -0.05) is 50.1 Å². The predicted molar refractivity (Wildman–Crippen MR) is 109 cm³/mol. The van der Waals surface area contributed by atoms with Crippen molar-refractivity contribution in [2.24, 2.45) is 5.73 Å². The third-order valence-corrected chi connectivity index (χ3v) is 4.52. The second kappa shape index (κ2) is 11.1. The molecule has 0 spiro atoms. The fraction of sp³-hybridized carbons (Fsp3) is 0.409. The molecule has 5 nitrogen and oxygen atoms in total. The lowest BCUT2D eigenvalue weighted by molar-refractivity contribution is 0.0945. The molecule has 0 bridgehead atoms. The normalized spacial score (nSPS) is 11.6. The van der Waals surface area contributed by atoms with E-state index in [2.05, 4.69) is 30.4 Å². The van der Waals surface area contributed by atoms with Crippen molar-refractivity contribution in [3.8, 4) is 5.75 Å². The van der Waals surface area contributed by atoms with Gasteiger partial charge in [-0.05, 0) is 43.0 Å². The molecule has 0 fully saturated rings. The number of hydrogen-bond acceptors (Lipinski definition) is 4. The van der Waals surface area contributed by atoms with Crippen molar-refractivity contribution in [2.75, 3.05) is 12.4 Å². The highest BCUT2D eigenvalue weighted by Crippen LogP contribution is 2.20. The topological polar surface area (TPSA) is 73.6 Å². The Morgan fingerprint density at radius 3 is 2.70 bits per heavy atom. The Balaban J connectivity index is 1.92. The molecule has 0 aliphatic carbocycles. The molecule has 1 atom stereocenters. The van der Waals surface area contributed by atoms with Crippen LogP contribution in [0, 0.1) is 0 Å². The number of para-hydroxylation sites is 1.